The molecule has 0 unspecified atom stereocenters. The Morgan fingerprint density at radius 2 is 2.00 bits per heavy atom. The van der Waals surface area contributed by atoms with E-state index in [1.54, 1.807) is 35.7 Å². The van der Waals surface area contributed by atoms with Crippen LogP contribution in [0.5, 0.6) is 0 Å². The number of thiophene rings is 1. The third-order valence-corrected chi connectivity index (χ3v) is 5.45. The highest BCUT2D eigenvalue weighted by Gasteiger charge is 2.16. The second-order valence-corrected chi connectivity index (χ2v) is 7.17. The number of nitriles is 1. The van der Waals surface area contributed by atoms with E-state index >= 15 is 0 Å². The Hall–Kier alpha value is -2.21. The summed E-state index contributed by atoms with van der Waals surface area (Å²) in [5, 5.41) is 10.3. The topological polar surface area (TPSA) is 96.3 Å². The molecule has 0 aliphatic rings. The first-order valence-electron chi connectivity index (χ1n) is 6.19. The number of ether oxygens (including phenoxy) is 1. The van der Waals surface area contributed by atoms with Crippen LogP contribution in [-0.4, -0.2) is 20.9 Å². The van der Waals surface area contributed by atoms with Gasteiger partial charge in [0.05, 0.1) is 11.6 Å². The zero-order valence-electron chi connectivity index (χ0n) is 11.4. The molecular weight excluding hydrogens is 324 g/mol. The largest absolute Gasteiger partial charge is 0.460 e. The second-order valence-electron chi connectivity index (χ2n) is 4.23. The normalized spacial score (nSPS) is 10.9. The van der Waals surface area contributed by atoms with Crippen molar-refractivity contribution in [2.45, 2.75) is 10.8 Å². The third kappa shape index (κ3) is 4.39. The van der Waals surface area contributed by atoms with Crippen molar-refractivity contribution in [3.8, 4) is 6.07 Å². The Balaban J connectivity index is 1.82. The average molecular weight is 336 g/mol. The summed E-state index contributed by atoms with van der Waals surface area (Å²) in [5.74, 6) is -0.676. The van der Waals surface area contributed by atoms with Gasteiger partial charge < -0.3 is 4.74 Å². The number of nitrogens with zero attached hydrogens (tertiary/aromatic N) is 1. The maximum absolute atomic E-state index is 11.8. The summed E-state index contributed by atoms with van der Waals surface area (Å²) in [6.45, 7) is -0.415. The number of nitrogens with one attached hydrogen (secondary N) is 1. The predicted octanol–water partition coefficient (Wildman–Crippen LogP) is 1.64. The summed E-state index contributed by atoms with van der Waals surface area (Å²) in [5.41, 5.74) is 1.23. The van der Waals surface area contributed by atoms with Gasteiger partial charge in [-0.3, -0.25) is 4.79 Å². The molecule has 0 aliphatic carbocycles. The minimum atomic E-state index is -3.67. The Labute approximate surface area is 132 Å². The van der Waals surface area contributed by atoms with Gasteiger partial charge in [-0.05, 0) is 29.1 Å². The third-order valence-electron chi connectivity index (χ3n) is 2.65. The maximum atomic E-state index is 11.8. The van der Waals surface area contributed by atoms with Gasteiger partial charge in [-0.25, -0.2) is 8.42 Å². The Morgan fingerprint density at radius 1 is 1.27 bits per heavy atom. The van der Waals surface area contributed by atoms with Crippen molar-refractivity contribution in [1.82, 2.24) is 4.72 Å². The summed E-state index contributed by atoms with van der Waals surface area (Å²) in [6, 6.07) is 11.6. The molecule has 0 amide bonds. The predicted molar refractivity (Wildman–Crippen MR) is 80.5 cm³/mol. The first-order valence-corrected chi connectivity index (χ1v) is 8.55. The van der Waals surface area contributed by atoms with Crippen LogP contribution in [0.1, 0.15) is 11.1 Å². The summed E-state index contributed by atoms with van der Waals surface area (Å²) >= 11 is 1.07. The van der Waals surface area contributed by atoms with Gasteiger partial charge in [0.15, 0.2) is 0 Å². The SMILES string of the molecule is N#Cc1ccc(COC(=O)CNS(=O)(=O)c2cccs2)cc1. The van der Waals surface area contributed by atoms with Gasteiger partial charge in [0.1, 0.15) is 17.4 Å². The number of hydrogen-bond acceptors (Lipinski definition) is 6. The number of hydrogen-bond donors (Lipinski definition) is 1. The molecular formula is C14H12N2O4S2. The lowest BCUT2D eigenvalue weighted by atomic mass is 10.2. The highest BCUT2D eigenvalue weighted by Crippen LogP contribution is 2.14. The first kappa shape index (κ1) is 16.2. The highest BCUT2D eigenvalue weighted by molar-refractivity contribution is 7.91. The van der Waals surface area contributed by atoms with Crippen molar-refractivity contribution in [3.63, 3.8) is 0 Å². The van der Waals surface area contributed by atoms with E-state index in [1.807, 2.05) is 6.07 Å². The van der Waals surface area contributed by atoms with Gasteiger partial charge in [0, 0.05) is 0 Å². The quantitative estimate of drug-likeness (QED) is 0.809. The lowest BCUT2D eigenvalue weighted by Crippen LogP contribution is -2.30. The van der Waals surface area contributed by atoms with Crippen LogP contribution in [0.2, 0.25) is 0 Å². The van der Waals surface area contributed by atoms with Gasteiger partial charge in [-0.15, -0.1) is 11.3 Å². The van der Waals surface area contributed by atoms with E-state index in [9.17, 15) is 13.2 Å². The summed E-state index contributed by atoms with van der Waals surface area (Å²) in [6.07, 6.45) is 0. The van der Waals surface area contributed by atoms with E-state index in [4.69, 9.17) is 10.00 Å². The monoisotopic (exact) mass is 336 g/mol. The van der Waals surface area contributed by atoms with E-state index in [1.165, 1.54) is 6.07 Å². The van der Waals surface area contributed by atoms with Crippen molar-refractivity contribution in [2.75, 3.05) is 6.54 Å². The number of rotatable bonds is 6. The first-order chi connectivity index (χ1) is 10.5. The van der Waals surface area contributed by atoms with Crippen LogP contribution in [0.15, 0.2) is 46.0 Å². The van der Waals surface area contributed by atoms with Crippen molar-refractivity contribution >= 4 is 27.3 Å². The fraction of sp³-hybridized carbons (Fsp3) is 0.143. The van der Waals surface area contributed by atoms with Crippen molar-refractivity contribution in [2.24, 2.45) is 0 Å². The zero-order valence-corrected chi connectivity index (χ0v) is 13.0. The number of esters is 1. The van der Waals surface area contributed by atoms with Crippen LogP contribution in [0.4, 0.5) is 0 Å². The van der Waals surface area contributed by atoms with Crippen LogP contribution in [0, 0.1) is 11.3 Å². The minimum Gasteiger partial charge on any atom is -0.460 e. The Morgan fingerprint density at radius 3 is 2.59 bits per heavy atom. The molecule has 0 fully saturated rings. The number of carbonyl (C=O) groups is 1. The van der Waals surface area contributed by atoms with Crippen LogP contribution in [0.25, 0.3) is 0 Å². The van der Waals surface area contributed by atoms with Gasteiger partial charge in [-0.1, -0.05) is 18.2 Å². The van der Waals surface area contributed by atoms with Gasteiger partial charge in [0.25, 0.3) is 10.0 Å². The number of benzene rings is 1. The van der Waals surface area contributed by atoms with Gasteiger partial charge in [0.2, 0.25) is 0 Å². The highest BCUT2D eigenvalue weighted by atomic mass is 32.2. The summed E-state index contributed by atoms with van der Waals surface area (Å²) in [4.78, 5) is 11.6. The number of sulfonamides is 1. The van der Waals surface area contributed by atoms with E-state index in [0.29, 0.717) is 11.1 Å². The maximum Gasteiger partial charge on any atom is 0.321 e. The molecule has 0 aliphatic heterocycles. The average Bonchev–Trinajstić information content (AvgIpc) is 3.07. The molecule has 1 N–H and O–H groups in total. The zero-order chi connectivity index (χ0) is 16.0. The smallest absolute Gasteiger partial charge is 0.321 e. The van der Waals surface area contributed by atoms with Crippen LogP contribution in [-0.2, 0) is 26.2 Å². The van der Waals surface area contributed by atoms with E-state index in [-0.39, 0.29) is 10.8 Å². The Bertz CT molecular complexity index is 775. The molecule has 0 bridgehead atoms. The molecule has 2 aromatic rings. The molecule has 0 atom stereocenters. The molecule has 1 aromatic heterocycles. The molecule has 1 aromatic carbocycles. The molecule has 2 rings (SSSR count). The van der Waals surface area contributed by atoms with Crippen molar-refractivity contribution in [1.29, 1.82) is 5.26 Å². The van der Waals surface area contributed by atoms with E-state index < -0.39 is 22.5 Å². The molecule has 22 heavy (non-hydrogen) atoms. The van der Waals surface area contributed by atoms with Crippen molar-refractivity contribution < 1.29 is 17.9 Å². The lowest BCUT2D eigenvalue weighted by Gasteiger charge is -2.06. The molecule has 0 radical (unpaired) electrons. The fourth-order valence-electron chi connectivity index (χ4n) is 1.53. The molecule has 6 nitrogen and oxygen atoms in total. The molecule has 114 valence electrons. The molecule has 0 saturated heterocycles. The Kier molecular flexibility index (Phi) is 5.27. The molecule has 1 heterocycles. The van der Waals surface area contributed by atoms with Gasteiger partial charge in [-0.2, -0.15) is 9.98 Å². The van der Waals surface area contributed by atoms with Crippen molar-refractivity contribution in [3.05, 3.63) is 52.9 Å². The standard InChI is InChI=1S/C14H12N2O4S2/c15-8-11-3-5-12(6-4-11)10-20-13(17)9-16-22(18,19)14-2-1-7-21-14/h1-7,16H,9-10H2. The van der Waals surface area contributed by atoms with Crippen LogP contribution >= 0.6 is 11.3 Å². The second kappa shape index (κ2) is 7.17. The summed E-state index contributed by atoms with van der Waals surface area (Å²) < 4.78 is 30.9. The minimum absolute atomic E-state index is 0.0191. The number of carbonyl (C=O) groups excluding carboxylic acids is 1. The molecule has 0 saturated carbocycles. The van der Waals surface area contributed by atoms with E-state index in [2.05, 4.69) is 4.72 Å². The lowest BCUT2D eigenvalue weighted by molar-refractivity contribution is -0.143. The van der Waals surface area contributed by atoms with Gasteiger partial charge >= 0.3 is 5.97 Å². The molecule has 0 spiro atoms. The van der Waals surface area contributed by atoms with Crippen LogP contribution < -0.4 is 4.72 Å². The van der Waals surface area contributed by atoms with E-state index in [0.717, 1.165) is 11.3 Å². The van der Waals surface area contributed by atoms with Crippen LogP contribution in [0.3, 0.4) is 0 Å². The summed E-state index contributed by atoms with van der Waals surface area (Å²) in [7, 11) is -3.67. The molecule has 8 heteroatoms. The fourth-order valence-corrected chi connectivity index (χ4v) is 3.54.